The second-order valence-corrected chi connectivity index (χ2v) is 11.3. The molecule has 1 fully saturated rings. The molecule has 0 unspecified atom stereocenters. The number of carbonyl (C=O) groups excluding carboxylic acids is 1. The van der Waals surface area contributed by atoms with Crippen molar-refractivity contribution in [3.8, 4) is 11.5 Å². The number of carbonyl (C=O) groups is 1. The smallest absolute Gasteiger partial charge is 0.387 e. The number of nitrogens with zero attached hydrogens (tertiary/aromatic N) is 1. The van der Waals surface area contributed by atoms with E-state index in [0.717, 1.165) is 4.31 Å². The fourth-order valence-corrected chi connectivity index (χ4v) is 6.27. The average molecular weight is 590 g/mol. The number of sulfonamides is 1. The summed E-state index contributed by atoms with van der Waals surface area (Å²) in [6, 6.07) is 10.8. The molecule has 0 bridgehead atoms. The number of esters is 1. The number of rotatable bonds is 11. The second kappa shape index (κ2) is 12.9. The molecule has 0 amide bonds. The fourth-order valence-electron chi connectivity index (χ4n) is 4.14. The topological polar surface area (TPSA) is 82.1 Å². The summed E-state index contributed by atoms with van der Waals surface area (Å²) in [5, 5.41) is 0.433. The Morgan fingerprint density at radius 2 is 1.84 bits per heavy atom. The van der Waals surface area contributed by atoms with Crippen molar-refractivity contribution < 1.29 is 36.2 Å². The van der Waals surface area contributed by atoms with Crippen molar-refractivity contribution >= 4 is 39.2 Å². The van der Waals surface area contributed by atoms with E-state index in [-0.39, 0.29) is 40.8 Å². The SMILES string of the molecule is C=C(Cl)/C(C[C@H](OC(=O)[C@@H]1CCCN1S(=O)(=O)c1ccccc1)c1ccc(OC(F)F)c(OC)c1)=C(\C)Cl. The van der Waals surface area contributed by atoms with Crippen LogP contribution in [0.3, 0.4) is 0 Å². The minimum Gasteiger partial charge on any atom is -0.493 e. The van der Waals surface area contributed by atoms with Crippen LogP contribution in [0.5, 0.6) is 11.5 Å². The Bertz CT molecular complexity index is 1300. The second-order valence-electron chi connectivity index (χ2n) is 8.42. The van der Waals surface area contributed by atoms with Gasteiger partial charge in [-0.05, 0) is 55.2 Å². The van der Waals surface area contributed by atoms with Crippen LogP contribution in [0.25, 0.3) is 0 Å². The number of benzene rings is 2. The predicted molar refractivity (Wildman–Crippen MR) is 140 cm³/mol. The molecule has 206 valence electrons. The zero-order chi connectivity index (χ0) is 28.0. The molecule has 2 aromatic carbocycles. The van der Waals surface area contributed by atoms with E-state index in [4.69, 9.17) is 32.7 Å². The van der Waals surface area contributed by atoms with Gasteiger partial charge in [-0.2, -0.15) is 13.1 Å². The van der Waals surface area contributed by atoms with Crippen LogP contribution in [0, 0.1) is 0 Å². The average Bonchev–Trinajstić information content (AvgIpc) is 3.37. The van der Waals surface area contributed by atoms with Gasteiger partial charge in [0.2, 0.25) is 10.0 Å². The van der Waals surface area contributed by atoms with E-state index < -0.39 is 34.7 Å². The Morgan fingerprint density at radius 3 is 2.42 bits per heavy atom. The lowest BCUT2D eigenvalue weighted by Gasteiger charge is -2.26. The summed E-state index contributed by atoms with van der Waals surface area (Å²) >= 11 is 12.3. The molecular weight excluding hydrogens is 563 g/mol. The number of hydrogen-bond donors (Lipinski definition) is 0. The van der Waals surface area contributed by atoms with Gasteiger partial charge in [-0.25, -0.2) is 8.42 Å². The monoisotopic (exact) mass is 589 g/mol. The Balaban J connectivity index is 1.96. The number of hydrogen-bond acceptors (Lipinski definition) is 6. The number of alkyl halides is 2. The maximum atomic E-state index is 13.4. The van der Waals surface area contributed by atoms with E-state index >= 15 is 0 Å². The molecular formula is C26H27Cl2F2NO6S. The molecule has 0 radical (unpaired) electrons. The number of halogens is 4. The standard InChI is InChI=1S/C26H27Cl2F2NO6S/c1-16(27)20(17(2)28)15-23(18-11-12-22(37-26(29)30)24(14-18)35-3)36-25(32)21-10-7-13-31(21)38(33,34)19-8-5-4-6-9-19/h4-6,8-9,11-12,14,21,23,26H,1,7,10,13,15H2,2-3H3/b20-17+/t21-,23-/m0/s1. The number of methoxy groups -OCH3 is 1. The largest absolute Gasteiger partial charge is 0.493 e. The Labute approximate surface area is 230 Å². The van der Waals surface area contributed by atoms with Gasteiger partial charge in [0, 0.05) is 23.0 Å². The van der Waals surface area contributed by atoms with Gasteiger partial charge in [0.1, 0.15) is 12.1 Å². The molecule has 0 N–H and O–H groups in total. The van der Waals surface area contributed by atoms with Crippen LogP contribution in [-0.4, -0.2) is 45.0 Å². The minimum absolute atomic E-state index is 0.0141. The summed E-state index contributed by atoms with van der Waals surface area (Å²) in [7, 11) is -2.68. The molecule has 12 heteroatoms. The van der Waals surface area contributed by atoms with E-state index in [2.05, 4.69) is 11.3 Å². The Hall–Kier alpha value is -2.66. The van der Waals surface area contributed by atoms with Gasteiger partial charge in [0.15, 0.2) is 11.5 Å². The predicted octanol–water partition coefficient (Wildman–Crippen LogP) is 6.39. The first-order valence-electron chi connectivity index (χ1n) is 11.6. The maximum Gasteiger partial charge on any atom is 0.387 e. The Kier molecular flexibility index (Phi) is 10.2. The third kappa shape index (κ3) is 7.05. The van der Waals surface area contributed by atoms with Crippen molar-refractivity contribution in [2.75, 3.05) is 13.7 Å². The van der Waals surface area contributed by atoms with Gasteiger partial charge < -0.3 is 14.2 Å². The highest BCUT2D eigenvalue weighted by atomic mass is 35.5. The lowest BCUT2D eigenvalue weighted by atomic mass is 10.00. The molecule has 7 nitrogen and oxygen atoms in total. The molecule has 1 aliphatic rings. The van der Waals surface area contributed by atoms with Crippen LogP contribution < -0.4 is 9.47 Å². The lowest BCUT2D eigenvalue weighted by molar-refractivity contribution is -0.153. The Morgan fingerprint density at radius 1 is 1.16 bits per heavy atom. The van der Waals surface area contributed by atoms with Gasteiger partial charge in [-0.15, -0.1) is 0 Å². The minimum atomic E-state index is -3.95. The van der Waals surface area contributed by atoms with Crippen LogP contribution in [0.4, 0.5) is 8.78 Å². The zero-order valence-electron chi connectivity index (χ0n) is 20.7. The fraction of sp³-hybridized carbons (Fsp3) is 0.346. The molecule has 3 rings (SSSR count). The normalized spacial score (nSPS) is 17.6. The van der Waals surface area contributed by atoms with Crippen LogP contribution in [-0.2, 0) is 19.6 Å². The van der Waals surface area contributed by atoms with E-state index in [1.165, 1.54) is 37.4 Å². The van der Waals surface area contributed by atoms with Crippen LogP contribution in [0.2, 0.25) is 0 Å². The first kappa shape index (κ1) is 29.9. The van der Waals surface area contributed by atoms with Crippen LogP contribution in [0.1, 0.15) is 37.9 Å². The van der Waals surface area contributed by atoms with Gasteiger partial charge in [0.05, 0.1) is 12.0 Å². The van der Waals surface area contributed by atoms with E-state index in [1.807, 2.05) is 0 Å². The third-order valence-electron chi connectivity index (χ3n) is 5.99. The van der Waals surface area contributed by atoms with Crippen molar-refractivity contribution in [2.24, 2.45) is 0 Å². The zero-order valence-corrected chi connectivity index (χ0v) is 23.0. The van der Waals surface area contributed by atoms with Crippen molar-refractivity contribution in [1.82, 2.24) is 4.31 Å². The van der Waals surface area contributed by atoms with E-state index in [9.17, 15) is 22.0 Å². The summed E-state index contributed by atoms with van der Waals surface area (Å²) in [5.74, 6) is -1.00. The highest BCUT2D eigenvalue weighted by Crippen LogP contribution is 2.38. The first-order chi connectivity index (χ1) is 17.9. The van der Waals surface area contributed by atoms with Crippen molar-refractivity contribution in [1.29, 1.82) is 0 Å². The summed E-state index contributed by atoms with van der Waals surface area (Å²) in [6.45, 7) is 2.38. The van der Waals surface area contributed by atoms with Crippen molar-refractivity contribution in [2.45, 2.75) is 49.8 Å². The highest BCUT2D eigenvalue weighted by Gasteiger charge is 2.41. The lowest BCUT2D eigenvalue weighted by Crippen LogP contribution is -2.41. The molecule has 1 heterocycles. The first-order valence-corrected chi connectivity index (χ1v) is 13.8. The van der Waals surface area contributed by atoms with Crippen molar-refractivity contribution in [3.05, 3.63) is 76.3 Å². The molecule has 38 heavy (non-hydrogen) atoms. The molecule has 0 aliphatic carbocycles. The van der Waals surface area contributed by atoms with E-state index in [0.29, 0.717) is 22.6 Å². The van der Waals surface area contributed by atoms with Crippen molar-refractivity contribution in [3.63, 3.8) is 0 Å². The molecule has 1 aliphatic heterocycles. The highest BCUT2D eigenvalue weighted by molar-refractivity contribution is 7.89. The van der Waals surface area contributed by atoms with Gasteiger partial charge in [0.25, 0.3) is 0 Å². The molecule has 0 spiro atoms. The maximum absolute atomic E-state index is 13.4. The van der Waals surface area contributed by atoms with Gasteiger partial charge in [-0.1, -0.05) is 54.0 Å². The third-order valence-corrected chi connectivity index (χ3v) is 8.37. The van der Waals surface area contributed by atoms with Gasteiger partial charge >= 0.3 is 12.6 Å². The quantitative estimate of drug-likeness (QED) is 0.223. The molecule has 2 aromatic rings. The molecule has 2 atom stereocenters. The summed E-state index contributed by atoms with van der Waals surface area (Å²) in [4.78, 5) is 13.5. The molecule has 0 aromatic heterocycles. The van der Waals surface area contributed by atoms with E-state index in [1.54, 1.807) is 25.1 Å². The number of allylic oxidation sites excluding steroid dienone is 2. The summed E-state index contributed by atoms with van der Waals surface area (Å²) in [5.41, 5.74) is 0.763. The van der Waals surface area contributed by atoms with Crippen LogP contribution >= 0.6 is 23.2 Å². The van der Waals surface area contributed by atoms with Gasteiger partial charge in [-0.3, -0.25) is 4.79 Å². The molecule has 1 saturated heterocycles. The summed E-state index contributed by atoms with van der Waals surface area (Å²) in [6.07, 6.45) is -0.312. The summed E-state index contributed by atoms with van der Waals surface area (Å²) < 4.78 is 68.7. The van der Waals surface area contributed by atoms with Crippen LogP contribution in [0.15, 0.2) is 75.6 Å². The number of ether oxygens (including phenoxy) is 3. The molecule has 0 saturated carbocycles.